The van der Waals surface area contributed by atoms with Gasteiger partial charge in [-0.3, -0.25) is 0 Å². The fourth-order valence-electron chi connectivity index (χ4n) is 3.14. The summed E-state index contributed by atoms with van der Waals surface area (Å²) in [6.07, 6.45) is 2.46. The quantitative estimate of drug-likeness (QED) is 0.427. The third-order valence-electron chi connectivity index (χ3n) is 2.62. The first-order chi connectivity index (χ1) is 6.81. The summed E-state index contributed by atoms with van der Waals surface area (Å²) >= 11 is 12.4. The van der Waals surface area contributed by atoms with E-state index in [0.717, 1.165) is 6.04 Å². The molecule has 0 N–H and O–H groups in total. The Bertz CT molecular complexity index is 211. The molecule has 0 nitrogen and oxygen atoms in total. The highest BCUT2D eigenvalue weighted by Gasteiger charge is 2.30. The van der Waals surface area contributed by atoms with Crippen molar-refractivity contribution in [2.75, 3.05) is 0 Å². The molecule has 0 heterocycles. The van der Waals surface area contributed by atoms with Gasteiger partial charge in [-0.2, -0.15) is 0 Å². The molecule has 3 heteroatoms. The first-order valence-electron chi connectivity index (χ1n) is 6.19. The molecule has 0 aromatic rings. The molecule has 0 saturated carbocycles. The second-order valence-electron chi connectivity index (χ2n) is 7.49. The third kappa shape index (κ3) is 9.98. The van der Waals surface area contributed by atoms with Crippen LogP contribution in [-0.2, 0) is 0 Å². The molecule has 0 amide bonds. The Hall–Kier alpha value is 0.797. The van der Waals surface area contributed by atoms with Crippen LogP contribution in [0, 0.1) is 16.7 Å². The largest absolute Gasteiger partial charge is 0.248 e. The van der Waals surface area contributed by atoms with Gasteiger partial charge in [0, 0.05) is 0 Å². The fourth-order valence-corrected chi connectivity index (χ4v) is 6.08. The number of hydrogen-bond donors (Lipinski definition) is 0. The van der Waals surface area contributed by atoms with Gasteiger partial charge in [0.15, 0.2) is 0 Å². The van der Waals surface area contributed by atoms with E-state index in [9.17, 15) is 0 Å². The molecule has 0 aliphatic rings. The van der Waals surface area contributed by atoms with Gasteiger partial charge in [0.25, 0.3) is 0 Å². The Balaban J connectivity index is 4.26. The minimum atomic E-state index is -1.93. The van der Waals surface area contributed by atoms with E-state index in [2.05, 4.69) is 41.5 Å². The predicted octanol–water partition coefficient (Wildman–Crippen LogP) is 6.02. The van der Waals surface area contributed by atoms with Gasteiger partial charge in [-0.15, -0.1) is 22.2 Å². The molecular weight excluding hydrogens is 255 g/mol. The second-order valence-corrected chi connectivity index (χ2v) is 15.6. The Kier molecular flexibility index (Phi) is 5.91. The van der Waals surface area contributed by atoms with Crippen molar-refractivity contribution in [2.24, 2.45) is 16.7 Å². The van der Waals surface area contributed by atoms with Crippen LogP contribution in [0.15, 0.2) is 0 Å². The lowest BCUT2D eigenvalue weighted by Crippen LogP contribution is -2.25. The second kappa shape index (κ2) is 5.62. The SMILES string of the molecule is CC(CC(C)(C)CC(C)(C)C)C[Si](C)(Cl)Cl. The summed E-state index contributed by atoms with van der Waals surface area (Å²) in [6, 6.07) is 1.00. The van der Waals surface area contributed by atoms with Crippen LogP contribution in [0.2, 0.25) is 12.6 Å². The van der Waals surface area contributed by atoms with Crippen molar-refractivity contribution in [1.82, 2.24) is 0 Å². The summed E-state index contributed by atoms with van der Waals surface area (Å²) in [7, 11) is 0. The van der Waals surface area contributed by atoms with E-state index >= 15 is 0 Å². The van der Waals surface area contributed by atoms with Crippen LogP contribution in [0.3, 0.4) is 0 Å². The summed E-state index contributed by atoms with van der Waals surface area (Å²) in [4.78, 5) is 0. The van der Waals surface area contributed by atoms with E-state index in [4.69, 9.17) is 22.2 Å². The average molecular weight is 283 g/mol. The molecule has 1 atom stereocenters. The van der Waals surface area contributed by atoms with Crippen molar-refractivity contribution in [3.05, 3.63) is 0 Å². The Morgan fingerprint density at radius 1 is 1.06 bits per heavy atom. The van der Waals surface area contributed by atoms with E-state index in [1.54, 1.807) is 0 Å². The van der Waals surface area contributed by atoms with Crippen LogP contribution in [0.25, 0.3) is 0 Å². The molecule has 0 bridgehead atoms. The van der Waals surface area contributed by atoms with Gasteiger partial charge in [0.1, 0.15) is 0 Å². The van der Waals surface area contributed by atoms with Gasteiger partial charge in [-0.25, -0.2) is 0 Å². The summed E-state index contributed by atoms with van der Waals surface area (Å²) < 4.78 is 0. The first-order valence-corrected chi connectivity index (χ1v) is 10.9. The van der Waals surface area contributed by atoms with Crippen molar-refractivity contribution in [2.45, 2.75) is 67.0 Å². The van der Waals surface area contributed by atoms with E-state index in [1.807, 2.05) is 6.55 Å². The zero-order valence-electron chi connectivity index (χ0n) is 12.0. The molecule has 0 aliphatic carbocycles. The van der Waals surface area contributed by atoms with E-state index in [0.29, 0.717) is 16.7 Å². The number of halogens is 2. The van der Waals surface area contributed by atoms with E-state index in [1.165, 1.54) is 12.8 Å². The zero-order chi connectivity index (χ0) is 13.2. The molecule has 0 radical (unpaired) electrons. The molecule has 0 spiro atoms. The standard InChI is InChI=1S/C13H28Cl2Si/c1-11(9-16(7,14)15)8-13(5,6)10-12(2,3)4/h11H,8-10H2,1-7H3. The van der Waals surface area contributed by atoms with Crippen molar-refractivity contribution < 1.29 is 0 Å². The number of rotatable bonds is 5. The third-order valence-corrected chi connectivity index (χ3v) is 4.96. The van der Waals surface area contributed by atoms with Crippen LogP contribution in [0.1, 0.15) is 54.4 Å². The maximum absolute atomic E-state index is 6.19. The molecule has 98 valence electrons. The van der Waals surface area contributed by atoms with Crippen LogP contribution in [0.5, 0.6) is 0 Å². The molecule has 0 aliphatic heterocycles. The molecule has 0 saturated heterocycles. The summed E-state index contributed by atoms with van der Waals surface area (Å²) in [6.45, 7) is 14.0. The molecule has 1 unspecified atom stereocenters. The maximum Gasteiger partial charge on any atom is 0.248 e. The highest BCUT2D eigenvalue weighted by Crippen LogP contribution is 2.40. The van der Waals surface area contributed by atoms with Crippen LogP contribution in [-0.4, -0.2) is 6.69 Å². The molecule has 16 heavy (non-hydrogen) atoms. The molecule has 0 fully saturated rings. The van der Waals surface area contributed by atoms with E-state index in [-0.39, 0.29) is 0 Å². The summed E-state index contributed by atoms with van der Waals surface area (Å²) in [5.41, 5.74) is 0.775. The summed E-state index contributed by atoms with van der Waals surface area (Å²) in [5.74, 6) is 0.629. The fraction of sp³-hybridized carbons (Fsp3) is 1.00. The Labute approximate surface area is 113 Å². The minimum Gasteiger partial charge on any atom is -0.146 e. The van der Waals surface area contributed by atoms with Crippen LogP contribution in [0.4, 0.5) is 0 Å². The lowest BCUT2D eigenvalue weighted by molar-refractivity contribution is 0.179. The zero-order valence-corrected chi connectivity index (χ0v) is 14.5. The molecular formula is C13H28Cl2Si. The highest BCUT2D eigenvalue weighted by molar-refractivity contribution is 7.44. The molecule has 0 aromatic carbocycles. The molecule has 0 rings (SSSR count). The Morgan fingerprint density at radius 2 is 1.50 bits per heavy atom. The van der Waals surface area contributed by atoms with Gasteiger partial charge in [0.05, 0.1) is 0 Å². The van der Waals surface area contributed by atoms with Crippen molar-refractivity contribution >= 4 is 28.9 Å². The summed E-state index contributed by atoms with van der Waals surface area (Å²) in [5, 5.41) is 0. The normalized spacial score (nSPS) is 16.3. The van der Waals surface area contributed by atoms with Crippen molar-refractivity contribution in [3.8, 4) is 0 Å². The van der Waals surface area contributed by atoms with Gasteiger partial charge < -0.3 is 0 Å². The lowest BCUT2D eigenvalue weighted by Gasteiger charge is -2.35. The number of hydrogen-bond acceptors (Lipinski definition) is 0. The predicted molar refractivity (Wildman–Crippen MR) is 79.8 cm³/mol. The smallest absolute Gasteiger partial charge is 0.146 e. The van der Waals surface area contributed by atoms with Crippen LogP contribution >= 0.6 is 22.2 Å². The average Bonchev–Trinajstić information content (AvgIpc) is 1.70. The Morgan fingerprint density at radius 3 is 1.81 bits per heavy atom. The molecule has 0 aromatic heterocycles. The highest BCUT2D eigenvalue weighted by atomic mass is 35.7. The van der Waals surface area contributed by atoms with Gasteiger partial charge in [0.2, 0.25) is 6.69 Å². The van der Waals surface area contributed by atoms with Gasteiger partial charge in [-0.1, -0.05) is 41.5 Å². The van der Waals surface area contributed by atoms with Crippen LogP contribution < -0.4 is 0 Å². The topological polar surface area (TPSA) is 0 Å². The monoisotopic (exact) mass is 282 g/mol. The van der Waals surface area contributed by atoms with Crippen molar-refractivity contribution in [3.63, 3.8) is 0 Å². The minimum absolute atomic E-state index is 0.380. The van der Waals surface area contributed by atoms with E-state index < -0.39 is 6.69 Å². The maximum atomic E-state index is 6.19. The van der Waals surface area contributed by atoms with Crippen molar-refractivity contribution in [1.29, 1.82) is 0 Å². The van der Waals surface area contributed by atoms with Gasteiger partial charge >= 0.3 is 0 Å². The lowest BCUT2D eigenvalue weighted by atomic mass is 9.72. The van der Waals surface area contributed by atoms with Gasteiger partial charge in [-0.05, 0) is 42.2 Å². The first kappa shape index (κ1) is 16.8.